The van der Waals surface area contributed by atoms with E-state index in [1.165, 1.54) is 26.4 Å². The van der Waals surface area contributed by atoms with Crippen LogP contribution in [0.3, 0.4) is 0 Å². The number of hydrogen-bond donors (Lipinski definition) is 1. The van der Waals surface area contributed by atoms with Gasteiger partial charge in [0, 0.05) is 0 Å². The van der Waals surface area contributed by atoms with Crippen molar-refractivity contribution in [3.63, 3.8) is 0 Å². The molecule has 25 heavy (non-hydrogen) atoms. The molecule has 0 fully saturated rings. The standard InChI is InChI=1S/C8H14N2O2.C8H18O4S/c1-9-4-5-10(2,7-9)6-8(11)12-3;1-2-3-4-5-6-7-8-12-13(9,10)11/h4-5,7H,6H2,1-3H3;2-8H2,1H3,(H,9,10,11)/q+2;/t10-;/m0./s1. The van der Waals surface area contributed by atoms with Gasteiger partial charge in [0.15, 0.2) is 12.7 Å². The molecular weight excluding hydrogens is 348 g/mol. The van der Waals surface area contributed by atoms with Gasteiger partial charge in [0.25, 0.3) is 0 Å². The highest BCUT2D eigenvalue weighted by Crippen LogP contribution is 2.06. The summed E-state index contributed by atoms with van der Waals surface area (Å²) < 4.78 is 39.6. The zero-order valence-corrected chi connectivity index (χ0v) is 16.5. The van der Waals surface area contributed by atoms with Crippen molar-refractivity contribution in [2.45, 2.75) is 45.4 Å². The first kappa shape index (κ1) is 23.7. The molecule has 0 aromatic heterocycles. The molecule has 0 saturated heterocycles. The number of quaternary nitrogens is 1. The van der Waals surface area contributed by atoms with Gasteiger partial charge in [-0.05, 0) is 6.42 Å². The second kappa shape index (κ2) is 12.1. The topological polar surface area (TPSA) is 92.9 Å². The molecule has 1 atom stereocenters. The summed E-state index contributed by atoms with van der Waals surface area (Å²) >= 11 is 0. The van der Waals surface area contributed by atoms with Gasteiger partial charge >= 0.3 is 22.7 Å². The van der Waals surface area contributed by atoms with Crippen LogP contribution in [0.1, 0.15) is 45.4 Å². The maximum Gasteiger partial charge on any atom is 0.397 e. The van der Waals surface area contributed by atoms with E-state index in [-0.39, 0.29) is 12.6 Å². The molecule has 1 aliphatic rings. The Hall–Kier alpha value is -1.29. The zero-order chi connectivity index (χ0) is 19.3. The monoisotopic (exact) mass is 380 g/mol. The van der Waals surface area contributed by atoms with Crippen molar-refractivity contribution in [2.24, 2.45) is 0 Å². The highest BCUT2D eigenvalue weighted by atomic mass is 32.3. The summed E-state index contributed by atoms with van der Waals surface area (Å²) in [7, 11) is 1.05. The van der Waals surface area contributed by atoms with E-state index in [1.54, 1.807) is 0 Å². The number of carbonyl (C=O) groups excluding carboxylic acids is 1. The minimum absolute atomic E-state index is 0.0883. The van der Waals surface area contributed by atoms with Crippen LogP contribution in [0.15, 0.2) is 12.4 Å². The Kier molecular flexibility index (Phi) is 11.5. The summed E-state index contributed by atoms with van der Waals surface area (Å²) in [4.78, 5) is 11.0. The molecule has 0 saturated carbocycles. The Labute approximate surface area is 151 Å². The molecule has 0 spiro atoms. The van der Waals surface area contributed by atoms with Crippen LogP contribution in [-0.4, -0.2) is 68.7 Å². The van der Waals surface area contributed by atoms with Crippen molar-refractivity contribution in [3.05, 3.63) is 12.4 Å². The van der Waals surface area contributed by atoms with Crippen molar-refractivity contribution in [1.29, 1.82) is 0 Å². The lowest BCUT2D eigenvalue weighted by Crippen LogP contribution is -2.41. The minimum Gasteiger partial charge on any atom is -0.465 e. The van der Waals surface area contributed by atoms with Crippen LogP contribution >= 0.6 is 0 Å². The molecular formula is C16H32N2O6S+2. The number of nitrogens with zero attached hydrogens (tertiary/aromatic N) is 2. The molecule has 1 aliphatic heterocycles. The molecule has 0 aliphatic carbocycles. The van der Waals surface area contributed by atoms with E-state index in [2.05, 4.69) is 15.8 Å². The van der Waals surface area contributed by atoms with E-state index in [9.17, 15) is 13.2 Å². The van der Waals surface area contributed by atoms with Crippen LogP contribution in [0.2, 0.25) is 0 Å². The molecule has 0 aromatic rings. The third-order valence-electron chi connectivity index (χ3n) is 3.52. The first-order valence-corrected chi connectivity index (χ1v) is 9.79. The normalized spacial score (nSPS) is 19.2. The number of unbranched alkanes of at least 4 members (excludes halogenated alkanes) is 5. The van der Waals surface area contributed by atoms with Gasteiger partial charge in [-0.1, -0.05) is 39.0 Å². The molecule has 146 valence electrons. The number of ether oxygens (including phenoxy) is 1. The van der Waals surface area contributed by atoms with E-state index in [1.807, 2.05) is 37.4 Å². The van der Waals surface area contributed by atoms with Crippen molar-refractivity contribution >= 4 is 22.7 Å². The SMILES string of the molecule is CCCCCCCCOS(=O)(=O)O.COC(=O)C[N@+]1(C)C=C[N+](C)=C1. The van der Waals surface area contributed by atoms with E-state index < -0.39 is 10.4 Å². The maximum absolute atomic E-state index is 11.0. The molecule has 1 rings (SSSR count). The molecule has 1 N–H and O–H groups in total. The molecule has 8 nitrogen and oxygen atoms in total. The van der Waals surface area contributed by atoms with Gasteiger partial charge in [0.2, 0.25) is 6.20 Å². The number of methoxy groups -OCH3 is 1. The van der Waals surface area contributed by atoms with Crippen LogP contribution < -0.4 is 0 Å². The molecule has 9 heteroatoms. The highest BCUT2D eigenvalue weighted by molar-refractivity contribution is 7.80. The lowest BCUT2D eigenvalue weighted by molar-refractivity contribution is -0.759. The first-order valence-electron chi connectivity index (χ1n) is 8.43. The number of rotatable bonds is 10. The molecule has 0 radical (unpaired) electrons. The van der Waals surface area contributed by atoms with Crippen molar-refractivity contribution in [2.75, 3.05) is 34.4 Å². The van der Waals surface area contributed by atoms with Crippen LogP contribution in [-0.2, 0) is 24.1 Å². The Balaban J connectivity index is 0.000000462. The Morgan fingerprint density at radius 1 is 1.20 bits per heavy atom. The summed E-state index contributed by atoms with van der Waals surface area (Å²) in [6, 6.07) is 0. The molecule has 0 aromatic carbocycles. The summed E-state index contributed by atoms with van der Waals surface area (Å²) in [5, 5.41) is 0. The quantitative estimate of drug-likeness (QED) is 0.205. The maximum atomic E-state index is 11.0. The predicted octanol–water partition coefficient (Wildman–Crippen LogP) is 1.93. The summed E-state index contributed by atoms with van der Waals surface area (Å²) in [6.45, 7) is 2.57. The summed E-state index contributed by atoms with van der Waals surface area (Å²) in [5.74, 6) is -0.200. The Bertz CT molecular complexity index is 559. The van der Waals surface area contributed by atoms with Crippen LogP contribution in [0.5, 0.6) is 0 Å². The summed E-state index contributed by atoms with van der Waals surface area (Å²) in [6.07, 6.45) is 12.1. The van der Waals surface area contributed by atoms with Gasteiger partial charge in [-0.25, -0.2) is 13.5 Å². The van der Waals surface area contributed by atoms with Crippen molar-refractivity contribution < 1.29 is 35.7 Å². The van der Waals surface area contributed by atoms with Gasteiger partial charge in [-0.15, -0.1) is 0 Å². The van der Waals surface area contributed by atoms with Crippen molar-refractivity contribution in [3.8, 4) is 0 Å². The number of likely N-dealkylation sites (N-methyl/N-ethyl adjacent to an activating group) is 1. The fourth-order valence-electron chi connectivity index (χ4n) is 2.23. The molecule has 0 bridgehead atoms. The van der Waals surface area contributed by atoms with Gasteiger partial charge in [-0.3, -0.25) is 4.55 Å². The van der Waals surface area contributed by atoms with Gasteiger partial charge in [0.05, 0.1) is 20.8 Å². The molecule has 0 amide bonds. The number of carbonyl (C=O) groups is 1. The van der Waals surface area contributed by atoms with Crippen LogP contribution in [0, 0.1) is 0 Å². The lowest BCUT2D eigenvalue weighted by Gasteiger charge is -2.15. The van der Waals surface area contributed by atoms with Gasteiger partial charge < -0.3 is 4.74 Å². The van der Waals surface area contributed by atoms with Crippen LogP contribution in [0.25, 0.3) is 0 Å². The summed E-state index contributed by atoms with van der Waals surface area (Å²) in [5.41, 5.74) is 0. The van der Waals surface area contributed by atoms with Gasteiger partial charge in [-0.2, -0.15) is 13.0 Å². The average molecular weight is 381 g/mol. The molecule has 0 unspecified atom stereocenters. The Morgan fingerprint density at radius 3 is 2.28 bits per heavy atom. The molecule has 1 heterocycles. The van der Waals surface area contributed by atoms with E-state index >= 15 is 0 Å². The van der Waals surface area contributed by atoms with Gasteiger partial charge in [0.1, 0.15) is 7.05 Å². The zero-order valence-electron chi connectivity index (χ0n) is 15.7. The minimum atomic E-state index is -4.22. The fourth-order valence-corrected chi connectivity index (χ4v) is 2.56. The first-order chi connectivity index (χ1) is 11.6. The fraction of sp³-hybridized carbons (Fsp3) is 0.750. The van der Waals surface area contributed by atoms with Crippen LogP contribution in [0.4, 0.5) is 0 Å². The second-order valence-corrected chi connectivity index (χ2v) is 7.27. The predicted molar refractivity (Wildman–Crippen MR) is 95.3 cm³/mol. The third kappa shape index (κ3) is 13.7. The largest absolute Gasteiger partial charge is 0.465 e. The smallest absolute Gasteiger partial charge is 0.397 e. The Morgan fingerprint density at radius 2 is 1.80 bits per heavy atom. The van der Waals surface area contributed by atoms with E-state index in [4.69, 9.17) is 4.55 Å². The van der Waals surface area contributed by atoms with E-state index in [0.717, 1.165) is 12.8 Å². The average Bonchev–Trinajstić information content (AvgIpc) is 2.84. The highest BCUT2D eigenvalue weighted by Gasteiger charge is 2.30. The van der Waals surface area contributed by atoms with E-state index in [0.29, 0.717) is 17.4 Å². The third-order valence-corrected chi connectivity index (χ3v) is 3.98. The second-order valence-electron chi connectivity index (χ2n) is 6.18. The number of hydrogen-bond acceptors (Lipinski definition) is 5. The number of esters is 1. The lowest BCUT2D eigenvalue weighted by atomic mass is 10.1. The van der Waals surface area contributed by atoms with Crippen molar-refractivity contribution in [1.82, 2.24) is 0 Å².